The number of thiophene rings is 1. The van der Waals surface area contributed by atoms with Crippen molar-refractivity contribution in [3.05, 3.63) is 16.3 Å². The van der Waals surface area contributed by atoms with Gasteiger partial charge in [-0.15, -0.1) is 11.3 Å². The molecule has 0 amide bonds. The topological polar surface area (TPSA) is 23.6 Å². The van der Waals surface area contributed by atoms with Gasteiger partial charge in [0.25, 0.3) is 0 Å². The number of carbonyl (C=O) groups excluding carboxylic acids is 1. The lowest BCUT2D eigenvalue weighted by Gasteiger charge is -2.49. The summed E-state index contributed by atoms with van der Waals surface area (Å²) in [4.78, 5) is 16.1. The van der Waals surface area contributed by atoms with E-state index in [-0.39, 0.29) is 0 Å². The highest BCUT2D eigenvalue weighted by Gasteiger charge is 2.39. The largest absolute Gasteiger partial charge is 0.372 e. The Morgan fingerprint density at radius 3 is 2.53 bits per heavy atom. The van der Waals surface area contributed by atoms with Gasteiger partial charge in [0.1, 0.15) is 0 Å². The Balaban J connectivity index is 2.05. The average Bonchev–Trinajstić information content (AvgIpc) is 2.71. The molecule has 1 saturated carbocycles. The molecule has 0 bridgehead atoms. The summed E-state index contributed by atoms with van der Waals surface area (Å²) in [5, 5.41) is 2.06. The van der Waals surface area contributed by atoms with Gasteiger partial charge in [-0.3, -0.25) is 4.79 Å². The van der Waals surface area contributed by atoms with Crippen molar-refractivity contribution in [1.82, 2.24) is 4.90 Å². The first-order valence-electron chi connectivity index (χ1n) is 6.00. The van der Waals surface area contributed by atoms with Crippen LogP contribution >= 0.6 is 11.3 Å². The molecule has 1 aromatic rings. The Bertz CT molecular complexity index is 396. The SMILES string of the molecule is CN(CC1(N(C)C)CCC1)c1csc(C=O)c1. The van der Waals surface area contributed by atoms with E-state index in [0.29, 0.717) is 5.54 Å². The molecular formula is C13H20N2OS. The van der Waals surface area contributed by atoms with Crippen LogP contribution in [-0.2, 0) is 0 Å². The predicted molar refractivity (Wildman–Crippen MR) is 73.2 cm³/mol. The van der Waals surface area contributed by atoms with Crippen molar-refractivity contribution in [2.75, 3.05) is 32.6 Å². The van der Waals surface area contributed by atoms with Crippen molar-refractivity contribution < 1.29 is 4.79 Å². The van der Waals surface area contributed by atoms with Crippen LogP contribution < -0.4 is 4.90 Å². The minimum absolute atomic E-state index is 0.331. The summed E-state index contributed by atoms with van der Waals surface area (Å²) in [7, 11) is 6.44. The second-order valence-corrected chi connectivity index (χ2v) is 6.10. The van der Waals surface area contributed by atoms with Crippen LogP contribution in [0.15, 0.2) is 11.4 Å². The Labute approximate surface area is 107 Å². The molecule has 3 nitrogen and oxygen atoms in total. The quantitative estimate of drug-likeness (QED) is 0.752. The number of likely N-dealkylation sites (N-methyl/N-ethyl adjacent to an activating group) is 2. The van der Waals surface area contributed by atoms with E-state index in [0.717, 1.165) is 23.4 Å². The molecule has 94 valence electrons. The summed E-state index contributed by atoms with van der Waals surface area (Å²) in [5.41, 5.74) is 1.49. The van der Waals surface area contributed by atoms with Crippen molar-refractivity contribution in [2.24, 2.45) is 0 Å². The zero-order valence-electron chi connectivity index (χ0n) is 10.8. The molecule has 2 rings (SSSR count). The lowest BCUT2D eigenvalue weighted by Crippen LogP contribution is -2.56. The number of aldehydes is 1. The van der Waals surface area contributed by atoms with E-state index in [4.69, 9.17) is 0 Å². The second kappa shape index (κ2) is 4.78. The first-order chi connectivity index (χ1) is 8.07. The summed E-state index contributed by atoms with van der Waals surface area (Å²) in [6.07, 6.45) is 4.80. The zero-order chi connectivity index (χ0) is 12.5. The number of hydrogen-bond acceptors (Lipinski definition) is 4. The molecule has 0 unspecified atom stereocenters. The first kappa shape index (κ1) is 12.6. The van der Waals surface area contributed by atoms with Crippen LogP contribution in [0, 0.1) is 0 Å². The van der Waals surface area contributed by atoms with Crippen molar-refractivity contribution in [3.8, 4) is 0 Å². The summed E-state index contributed by atoms with van der Waals surface area (Å²) in [5.74, 6) is 0. The molecule has 1 fully saturated rings. The normalized spacial score (nSPS) is 17.9. The van der Waals surface area contributed by atoms with E-state index < -0.39 is 0 Å². The molecule has 1 aliphatic carbocycles. The van der Waals surface area contributed by atoms with E-state index in [1.165, 1.54) is 30.6 Å². The first-order valence-corrected chi connectivity index (χ1v) is 6.88. The van der Waals surface area contributed by atoms with Crippen LogP contribution in [0.5, 0.6) is 0 Å². The molecule has 1 heterocycles. The van der Waals surface area contributed by atoms with Gasteiger partial charge in [0.2, 0.25) is 0 Å². The molecule has 17 heavy (non-hydrogen) atoms. The monoisotopic (exact) mass is 252 g/mol. The summed E-state index contributed by atoms with van der Waals surface area (Å²) in [6, 6.07) is 1.97. The summed E-state index contributed by atoms with van der Waals surface area (Å²) in [6.45, 7) is 1.04. The molecule has 1 aliphatic rings. The molecule has 0 saturated heterocycles. The van der Waals surface area contributed by atoms with E-state index in [1.807, 2.05) is 6.07 Å². The van der Waals surface area contributed by atoms with Gasteiger partial charge in [0, 0.05) is 30.2 Å². The van der Waals surface area contributed by atoms with Gasteiger partial charge in [0.05, 0.1) is 4.88 Å². The molecule has 0 aromatic carbocycles. The fourth-order valence-corrected chi connectivity index (χ4v) is 3.22. The minimum atomic E-state index is 0.331. The predicted octanol–water partition coefficient (Wildman–Crippen LogP) is 2.48. The van der Waals surface area contributed by atoms with Crippen LogP contribution in [0.3, 0.4) is 0 Å². The number of hydrogen-bond donors (Lipinski definition) is 0. The Hall–Kier alpha value is -0.870. The third kappa shape index (κ3) is 2.38. The second-order valence-electron chi connectivity index (χ2n) is 5.15. The maximum Gasteiger partial charge on any atom is 0.160 e. The van der Waals surface area contributed by atoms with E-state index in [9.17, 15) is 4.79 Å². The lowest BCUT2D eigenvalue weighted by atomic mass is 9.75. The molecule has 0 spiro atoms. The van der Waals surface area contributed by atoms with Gasteiger partial charge >= 0.3 is 0 Å². The van der Waals surface area contributed by atoms with Crippen molar-refractivity contribution >= 4 is 23.3 Å². The van der Waals surface area contributed by atoms with Crippen LogP contribution in [0.2, 0.25) is 0 Å². The smallest absolute Gasteiger partial charge is 0.160 e. The summed E-state index contributed by atoms with van der Waals surface area (Å²) >= 11 is 1.51. The van der Waals surface area contributed by atoms with Crippen molar-refractivity contribution in [1.29, 1.82) is 0 Å². The highest BCUT2D eigenvalue weighted by atomic mass is 32.1. The van der Waals surface area contributed by atoms with Crippen LogP contribution in [0.1, 0.15) is 28.9 Å². The molecule has 0 radical (unpaired) electrons. The molecule has 0 N–H and O–H groups in total. The van der Waals surface area contributed by atoms with Gasteiger partial charge < -0.3 is 9.80 Å². The highest BCUT2D eigenvalue weighted by molar-refractivity contribution is 7.12. The van der Waals surface area contributed by atoms with Crippen molar-refractivity contribution in [2.45, 2.75) is 24.8 Å². The zero-order valence-corrected chi connectivity index (χ0v) is 11.6. The average molecular weight is 252 g/mol. The standard InChI is InChI=1S/C13H20N2OS/c1-14(2)13(5-4-6-13)10-15(3)11-7-12(8-16)17-9-11/h7-9H,4-6,10H2,1-3H3. The van der Waals surface area contributed by atoms with E-state index >= 15 is 0 Å². The van der Waals surface area contributed by atoms with Gasteiger partial charge in [-0.05, 0) is 39.4 Å². The highest BCUT2D eigenvalue weighted by Crippen LogP contribution is 2.37. The fraction of sp³-hybridized carbons (Fsp3) is 0.615. The van der Waals surface area contributed by atoms with Crippen LogP contribution in [-0.4, -0.2) is 44.4 Å². The molecule has 4 heteroatoms. The minimum Gasteiger partial charge on any atom is -0.372 e. The van der Waals surface area contributed by atoms with E-state index in [2.05, 4.69) is 36.3 Å². The van der Waals surface area contributed by atoms with Gasteiger partial charge in [-0.25, -0.2) is 0 Å². The van der Waals surface area contributed by atoms with Gasteiger partial charge in [0.15, 0.2) is 6.29 Å². The van der Waals surface area contributed by atoms with Gasteiger partial charge in [-0.1, -0.05) is 0 Å². The number of rotatable bonds is 5. The Kier molecular flexibility index (Phi) is 3.54. The van der Waals surface area contributed by atoms with Crippen LogP contribution in [0.25, 0.3) is 0 Å². The Morgan fingerprint density at radius 1 is 1.41 bits per heavy atom. The third-order valence-electron chi connectivity index (χ3n) is 3.93. The molecular weight excluding hydrogens is 232 g/mol. The maximum absolute atomic E-state index is 10.7. The number of carbonyl (C=O) groups is 1. The number of anilines is 1. The molecule has 0 atom stereocenters. The van der Waals surface area contributed by atoms with Gasteiger partial charge in [-0.2, -0.15) is 0 Å². The Morgan fingerprint density at radius 2 is 2.12 bits per heavy atom. The summed E-state index contributed by atoms with van der Waals surface area (Å²) < 4.78 is 0. The molecule has 0 aliphatic heterocycles. The van der Waals surface area contributed by atoms with E-state index in [1.54, 1.807) is 0 Å². The maximum atomic E-state index is 10.7. The third-order valence-corrected chi connectivity index (χ3v) is 4.77. The number of nitrogens with zero attached hydrogens (tertiary/aromatic N) is 2. The fourth-order valence-electron chi connectivity index (χ4n) is 2.47. The lowest BCUT2D eigenvalue weighted by molar-refractivity contribution is 0.0683. The van der Waals surface area contributed by atoms with Crippen molar-refractivity contribution in [3.63, 3.8) is 0 Å². The van der Waals surface area contributed by atoms with Crippen LogP contribution in [0.4, 0.5) is 5.69 Å². The molecule has 1 aromatic heterocycles.